The monoisotopic (exact) mass is 322 g/mol. The van der Waals surface area contributed by atoms with Crippen LogP contribution in [-0.4, -0.2) is 22.7 Å². The molecule has 2 N–H and O–H groups in total. The Bertz CT molecular complexity index is 860. The van der Waals surface area contributed by atoms with E-state index < -0.39 is 0 Å². The third kappa shape index (κ3) is 3.30. The van der Waals surface area contributed by atoms with E-state index in [1.165, 1.54) is 0 Å². The number of phenols is 1. The van der Waals surface area contributed by atoms with E-state index in [4.69, 9.17) is 4.74 Å². The molecule has 0 aliphatic carbocycles. The van der Waals surface area contributed by atoms with Crippen molar-refractivity contribution in [1.29, 1.82) is 0 Å². The molecule has 24 heavy (non-hydrogen) atoms. The van der Waals surface area contributed by atoms with Crippen LogP contribution in [0.2, 0.25) is 0 Å². The summed E-state index contributed by atoms with van der Waals surface area (Å²) >= 11 is 0. The van der Waals surface area contributed by atoms with Gasteiger partial charge in [-0.2, -0.15) is 0 Å². The third-order valence-corrected chi connectivity index (χ3v) is 3.72. The highest BCUT2D eigenvalue weighted by atomic mass is 16.5. The molecule has 3 aromatic rings. The van der Waals surface area contributed by atoms with Gasteiger partial charge in [-0.1, -0.05) is 12.1 Å². The molecule has 0 spiro atoms. The second-order valence-electron chi connectivity index (χ2n) is 5.29. The van der Waals surface area contributed by atoms with Gasteiger partial charge in [0, 0.05) is 23.8 Å². The number of ether oxygens (including phenoxy) is 1. The summed E-state index contributed by atoms with van der Waals surface area (Å²) in [6.07, 6.45) is 1.66. The topological polar surface area (TPSA) is 71.5 Å². The Labute approximate surface area is 139 Å². The summed E-state index contributed by atoms with van der Waals surface area (Å²) in [5.41, 5.74) is 3.05. The fraction of sp³-hybridized carbons (Fsp3) is 0.158. The normalized spacial score (nSPS) is 10.5. The SMILES string of the molecule is CCOC(=O)c1ccc(NCc2ccc(O)c3ncccc23)cc1. The quantitative estimate of drug-likeness (QED) is 0.700. The number of esters is 1. The molecule has 1 aromatic heterocycles. The van der Waals surface area contributed by atoms with E-state index in [9.17, 15) is 9.90 Å². The first-order chi connectivity index (χ1) is 11.7. The molecule has 5 heteroatoms. The van der Waals surface area contributed by atoms with E-state index in [-0.39, 0.29) is 11.7 Å². The highest BCUT2D eigenvalue weighted by Crippen LogP contribution is 2.26. The highest BCUT2D eigenvalue weighted by molar-refractivity contribution is 5.90. The number of hydrogen-bond donors (Lipinski definition) is 2. The number of pyridine rings is 1. The van der Waals surface area contributed by atoms with Crippen molar-refractivity contribution in [1.82, 2.24) is 4.98 Å². The number of nitrogens with one attached hydrogen (secondary N) is 1. The van der Waals surface area contributed by atoms with Crippen molar-refractivity contribution in [2.24, 2.45) is 0 Å². The van der Waals surface area contributed by atoms with Crippen LogP contribution in [0.3, 0.4) is 0 Å². The molecule has 3 rings (SSSR count). The van der Waals surface area contributed by atoms with Gasteiger partial charge in [-0.15, -0.1) is 0 Å². The lowest BCUT2D eigenvalue weighted by atomic mass is 10.1. The Morgan fingerprint density at radius 1 is 1.17 bits per heavy atom. The Balaban J connectivity index is 1.74. The van der Waals surface area contributed by atoms with Crippen molar-refractivity contribution in [3.8, 4) is 5.75 Å². The van der Waals surface area contributed by atoms with Gasteiger partial charge < -0.3 is 15.2 Å². The van der Waals surface area contributed by atoms with E-state index in [2.05, 4.69) is 10.3 Å². The van der Waals surface area contributed by atoms with Crippen molar-refractivity contribution in [3.63, 3.8) is 0 Å². The fourth-order valence-electron chi connectivity index (χ4n) is 2.51. The van der Waals surface area contributed by atoms with Crippen LogP contribution >= 0.6 is 0 Å². The Kier molecular flexibility index (Phi) is 4.61. The second kappa shape index (κ2) is 7.00. The summed E-state index contributed by atoms with van der Waals surface area (Å²) in [4.78, 5) is 15.9. The lowest BCUT2D eigenvalue weighted by Gasteiger charge is -2.10. The minimum absolute atomic E-state index is 0.174. The number of phenolic OH excluding ortho intramolecular Hbond substituents is 1. The van der Waals surface area contributed by atoms with Crippen LogP contribution in [0.15, 0.2) is 54.7 Å². The smallest absolute Gasteiger partial charge is 0.338 e. The molecule has 0 saturated heterocycles. The molecule has 0 saturated carbocycles. The molecule has 0 aliphatic rings. The Morgan fingerprint density at radius 3 is 2.71 bits per heavy atom. The van der Waals surface area contributed by atoms with Gasteiger partial charge in [0.2, 0.25) is 0 Å². The molecular weight excluding hydrogens is 304 g/mol. The predicted molar refractivity (Wildman–Crippen MR) is 93.1 cm³/mol. The first-order valence-electron chi connectivity index (χ1n) is 7.75. The van der Waals surface area contributed by atoms with Crippen molar-refractivity contribution in [2.75, 3.05) is 11.9 Å². The molecule has 2 aromatic carbocycles. The second-order valence-corrected chi connectivity index (χ2v) is 5.29. The highest BCUT2D eigenvalue weighted by Gasteiger charge is 2.07. The molecule has 0 radical (unpaired) electrons. The first kappa shape index (κ1) is 15.8. The maximum absolute atomic E-state index is 11.6. The van der Waals surface area contributed by atoms with Crippen molar-refractivity contribution in [2.45, 2.75) is 13.5 Å². The third-order valence-electron chi connectivity index (χ3n) is 3.72. The van der Waals surface area contributed by atoms with Gasteiger partial charge >= 0.3 is 5.97 Å². The van der Waals surface area contributed by atoms with E-state index in [0.29, 0.717) is 24.2 Å². The molecule has 1 heterocycles. The number of rotatable bonds is 5. The zero-order valence-electron chi connectivity index (χ0n) is 13.3. The van der Waals surface area contributed by atoms with E-state index >= 15 is 0 Å². The minimum atomic E-state index is -0.320. The van der Waals surface area contributed by atoms with Gasteiger partial charge in [-0.05, 0) is 48.9 Å². The fourth-order valence-corrected chi connectivity index (χ4v) is 2.51. The molecule has 0 fully saturated rings. The van der Waals surface area contributed by atoms with Crippen LogP contribution in [-0.2, 0) is 11.3 Å². The molecule has 0 unspecified atom stereocenters. The van der Waals surface area contributed by atoms with Crippen LogP contribution in [0.5, 0.6) is 5.75 Å². The standard InChI is InChI=1S/C19H18N2O3/c1-2-24-19(23)13-5-8-15(9-6-13)21-12-14-7-10-17(22)18-16(14)4-3-11-20-18/h3-11,21-22H,2,12H2,1H3. The zero-order chi connectivity index (χ0) is 16.9. The molecule has 0 amide bonds. The average Bonchev–Trinajstić information content (AvgIpc) is 2.62. The number of carbonyl (C=O) groups excluding carboxylic acids is 1. The van der Waals surface area contributed by atoms with E-state index in [1.54, 1.807) is 31.3 Å². The number of benzene rings is 2. The van der Waals surface area contributed by atoms with E-state index in [0.717, 1.165) is 16.6 Å². The number of aromatic nitrogens is 1. The summed E-state index contributed by atoms with van der Waals surface area (Å²) in [6, 6.07) is 14.5. The molecule has 0 aliphatic heterocycles. The number of aromatic hydroxyl groups is 1. The van der Waals surface area contributed by atoms with Crippen LogP contribution in [0, 0.1) is 0 Å². The molecule has 0 bridgehead atoms. The number of anilines is 1. The van der Waals surface area contributed by atoms with Crippen molar-refractivity contribution in [3.05, 3.63) is 65.9 Å². The lowest BCUT2D eigenvalue weighted by molar-refractivity contribution is 0.0526. The Hall–Kier alpha value is -3.08. The Morgan fingerprint density at radius 2 is 1.96 bits per heavy atom. The molecule has 122 valence electrons. The van der Waals surface area contributed by atoms with Gasteiger partial charge in [0.1, 0.15) is 11.3 Å². The van der Waals surface area contributed by atoms with Crippen LogP contribution in [0.25, 0.3) is 10.9 Å². The summed E-state index contributed by atoms with van der Waals surface area (Å²) < 4.78 is 4.97. The van der Waals surface area contributed by atoms with Gasteiger partial charge in [-0.25, -0.2) is 4.79 Å². The number of hydrogen-bond acceptors (Lipinski definition) is 5. The maximum atomic E-state index is 11.6. The van der Waals surface area contributed by atoms with Gasteiger partial charge in [0.25, 0.3) is 0 Å². The predicted octanol–water partition coefficient (Wildman–Crippen LogP) is 3.73. The van der Waals surface area contributed by atoms with Gasteiger partial charge in [0.05, 0.1) is 12.2 Å². The molecule has 5 nitrogen and oxygen atoms in total. The van der Waals surface area contributed by atoms with Crippen LogP contribution in [0.1, 0.15) is 22.8 Å². The number of carbonyl (C=O) groups is 1. The summed E-state index contributed by atoms with van der Waals surface area (Å²) in [6.45, 7) is 2.73. The summed E-state index contributed by atoms with van der Waals surface area (Å²) in [5, 5.41) is 14.1. The van der Waals surface area contributed by atoms with Gasteiger partial charge in [-0.3, -0.25) is 4.98 Å². The van der Waals surface area contributed by atoms with Crippen LogP contribution < -0.4 is 5.32 Å². The average molecular weight is 322 g/mol. The van der Waals surface area contributed by atoms with Gasteiger partial charge in [0.15, 0.2) is 0 Å². The van der Waals surface area contributed by atoms with Crippen molar-refractivity contribution < 1.29 is 14.6 Å². The maximum Gasteiger partial charge on any atom is 0.338 e. The molecule has 0 atom stereocenters. The number of nitrogens with zero attached hydrogens (tertiary/aromatic N) is 1. The van der Waals surface area contributed by atoms with E-state index in [1.807, 2.05) is 30.3 Å². The first-order valence-corrected chi connectivity index (χ1v) is 7.75. The molecular formula is C19H18N2O3. The zero-order valence-corrected chi connectivity index (χ0v) is 13.3. The lowest BCUT2D eigenvalue weighted by Crippen LogP contribution is -2.05. The summed E-state index contributed by atoms with van der Waals surface area (Å²) in [7, 11) is 0. The minimum Gasteiger partial charge on any atom is -0.506 e. The van der Waals surface area contributed by atoms with Crippen LogP contribution in [0.4, 0.5) is 5.69 Å². The van der Waals surface area contributed by atoms with Crippen molar-refractivity contribution >= 4 is 22.6 Å². The largest absolute Gasteiger partial charge is 0.506 e. The number of fused-ring (bicyclic) bond motifs is 1. The summed E-state index contributed by atoms with van der Waals surface area (Å²) in [5.74, 6) is -0.146.